The third-order valence-corrected chi connectivity index (χ3v) is 4.46. The normalized spacial score (nSPS) is 31.5. The first kappa shape index (κ1) is 15.9. The summed E-state index contributed by atoms with van der Waals surface area (Å²) in [5, 5.41) is 31.0. The molecule has 4 atom stereocenters. The lowest BCUT2D eigenvalue weighted by Crippen LogP contribution is -2.53. The van der Waals surface area contributed by atoms with Crippen LogP contribution >= 0.6 is 0 Å². The van der Waals surface area contributed by atoms with Crippen LogP contribution in [-0.2, 0) is 9.53 Å². The number of aromatic nitrogens is 1. The average molecular weight is 320 g/mol. The van der Waals surface area contributed by atoms with Crippen LogP contribution in [0.2, 0.25) is 0 Å². The predicted molar refractivity (Wildman–Crippen MR) is 76.5 cm³/mol. The van der Waals surface area contributed by atoms with E-state index in [9.17, 15) is 20.1 Å². The van der Waals surface area contributed by atoms with Gasteiger partial charge in [0.1, 0.15) is 17.8 Å². The molecule has 124 valence electrons. The van der Waals surface area contributed by atoms with E-state index in [-0.39, 0.29) is 6.04 Å². The summed E-state index contributed by atoms with van der Waals surface area (Å²) in [5.74, 6) is -1.99. The van der Waals surface area contributed by atoms with Crippen molar-refractivity contribution < 1.29 is 29.4 Å². The van der Waals surface area contributed by atoms with Crippen LogP contribution in [0.5, 0.6) is 0 Å². The van der Waals surface area contributed by atoms with E-state index in [0.717, 1.165) is 31.0 Å². The fourth-order valence-electron chi connectivity index (χ4n) is 3.21. The number of hydrogen-bond acceptors (Lipinski definition) is 6. The quantitative estimate of drug-likeness (QED) is 0.667. The Morgan fingerprint density at radius 2 is 2.26 bits per heavy atom. The van der Waals surface area contributed by atoms with E-state index in [0.29, 0.717) is 0 Å². The molecular weight excluding hydrogens is 300 g/mol. The van der Waals surface area contributed by atoms with E-state index in [4.69, 9.17) is 4.74 Å². The van der Waals surface area contributed by atoms with Crippen molar-refractivity contribution in [1.82, 2.24) is 4.90 Å². The Morgan fingerprint density at radius 1 is 1.48 bits per heavy atom. The maximum absolute atomic E-state index is 11.0. The van der Waals surface area contributed by atoms with Gasteiger partial charge in [-0.25, -0.2) is 0 Å². The predicted octanol–water partition coefficient (Wildman–Crippen LogP) is -1.37. The van der Waals surface area contributed by atoms with Crippen molar-refractivity contribution in [3.8, 4) is 0 Å². The molecule has 2 aliphatic heterocycles. The number of carbonyl (C=O) groups is 1. The number of aliphatic hydroxyl groups is 2. The van der Waals surface area contributed by atoms with Crippen molar-refractivity contribution in [3.05, 3.63) is 41.9 Å². The fraction of sp³-hybridized carbons (Fsp3) is 0.500. The molecule has 23 heavy (non-hydrogen) atoms. The van der Waals surface area contributed by atoms with Gasteiger partial charge in [-0.05, 0) is 38.6 Å². The highest BCUT2D eigenvalue weighted by Crippen LogP contribution is 2.30. The minimum absolute atomic E-state index is 0.282. The number of likely N-dealkylation sites (tertiary alicyclic amines) is 1. The van der Waals surface area contributed by atoms with Crippen molar-refractivity contribution >= 4 is 5.97 Å². The minimum atomic E-state index is -1.52. The molecular formula is C16H20N2O5. The maximum atomic E-state index is 11.0. The molecule has 0 aliphatic carbocycles. The second-order valence-electron chi connectivity index (χ2n) is 6.03. The molecule has 0 aromatic carbocycles. The number of nitrogens with zero attached hydrogens (tertiary/aromatic N) is 2. The Morgan fingerprint density at radius 3 is 2.91 bits per heavy atom. The van der Waals surface area contributed by atoms with Crippen LogP contribution < -0.4 is 9.67 Å². The van der Waals surface area contributed by atoms with Gasteiger partial charge in [0.25, 0.3) is 0 Å². The Balaban J connectivity index is 1.89. The molecule has 3 heterocycles. The number of rotatable bonds is 3. The summed E-state index contributed by atoms with van der Waals surface area (Å²) in [6.45, 7) is 1.03. The van der Waals surface area contributed by atoms with Crippen LogP contribution in [0.4, 0.5) is 0 Å². The second kappa shape index (κ2) is 6.27. The zero-order chi connectivity index (χ0) is 16.6. The standard InChI is InChI=1S/C16H20N2O5/c1-17-6-3-5-11(17)10-4-2-7-18(9-10)15-14(20)12(19)8-13(23-15)16(21)22/h2,4,7-9,11-12,14-15,19-20H,3,5-6H2,1H3/t11-,12?,14?,15+/m0/s1. The molecule has 2 aliphatic rings. The summed E-state index contributed by atoms with van der Waals surface area (Å²) in [5.41, 5.74) is 1.06. The molecule has 0 spiro atoms. The SMILES string of the molecule is CN1CCC[C@H]1c1ccc[n+]([C@@H]2OC(C(=O)[O-])=CC(O)C2O)c1. The number of aliphatic hydroxyl groups excluding tert-OH is 2. The first-order chi connectivity index (χ1) is 11.0. The molecule has 1 fully saturated rings. The van der Waals surface area contributed by atoms with Crippen LogP contribution in [0.25, 0.3) is 0 Å². The number of carbonyl (C=O) groups excluding carboxylic acids is 1. The monoisotopic (exact) mass is 320 g/mol. The molecule has 3 rings (SSSR count). The molecule has 1 aromatic heterocycles. The van der Waals surface area contributed by atoms with Gasteiger partial charge in [0.15, 0.2) is 18.5 Å². The molecule has 2 unspecified atom stereocenters. The Kier molecular flexibility index (Phi) is 4.34. The van der Waals surface area contributed by atoms with E-state index in [2.05, 4.69) is 11.9 Å². The third-order valence-electron chi connectivity index (χ3n) is 4.46. The third kappa shape index (κ3) is 3.08. The summed E-state index contributed by atoms with van der Waals surface area (Å²) < 4.78 is 6.89. The van der Waals surface area contributed by atoms with Gasteiger partial charge in [-0.1, -0.05) is 0 Å². The lowest BCUT2D eigenvalue weighted by molar-refractivity contribution is -0.769. The topological polar surface area (TPSA) is 96.9 Å². The highest BCUT2D eigenvalue weighted by Gasteiger charge is 2.40. The number of pyridine rings is 1. The molecule has 7 heteroatoms. The number of hydrogen-bond donors (Lipinski definition) is 2. The van der Waals surface area contributed by atoms with E-state index in [1.165, 1.54) is 0 Å². The van der Waals surface area contributed by atoms with Gasteiger partial charge in [-0.15, -0.1) is 0 Å². The Labute approximate surface area is 134 Å². The van der Waals surface area contributed by atoms with Crippen molar-refractivity contribution in [2.24, 2.45) is 0 Å². The van der Waals surface area contributed by atoms with Crippen LogP contribution in [-0.4, -0.2) is 46.9 Å². The van der Waals surface area contributed by atoms with Crippen molar-refractivity contribution in [1.29, 1.82) is 0 Å². The zero-order valence-corrected chi connectivity index (χ0v) is 12.8. The van der Waals surface area contributed by atoms with Crippen LogP contribution in [0, 0.1) is 0 Å². The summed E-state index contributed by atoms with van der Waals surface area (Å²) >= 11 is 0. The molecule has 1 aromatic rings. The molecule has 0 radical (unpaired) electrons. The van der Waals surface area contributed by atoms with Crippen LogP contribution in [0.3, 0.4) is 0 Å². The number of carboxylic acid groups (broad SMARTS) is 1. The first-order valence-corrected chi connectivity index (χ1v) is 7.64. The maximum Gasteiger partial charge on any atom is 0.331 e. The van der Waals surface area contributed by atoms with Gasteiger partial charge in [-0.3, -0.25) is 4.90 Å². The van der Waals surface area contributed by atoms with Gasteiger partial charge >= 0.3 is 6.23 Å². The largest absolute Gasteiger partial charge is 0.542 e. The summed E-state index contributed by atoms with van der Waals surface area (Å²) in [7, 11) is 2.06. The van der Waals surface area contributed by atoms with Gasteiger partial charge in [-0.2, -0.15) is 4.57 Å². The summed E-state index contributed by atoms with van der Waals surface area (Å²) in [6, 6.07) is 4.09. The molecule has 0 bridgehead atoms. The van der Waals surface area contributed by atoms with Crippen LogP contribution in [0.15, 0.2) is 36.4 Å². The van der Waals surface area contributed by atoms with Gasteiger partial charge in [0.05, 0.1) is 0 Å². The van der Waals surface area contributed by atoms with Gasteiger partial charge < -0.3 is 24.9 Å². The summed E-state index contributed by atoms with van der Waals surface area (Å²) in [4.78, 5) is 13.2. The van der Waals surface area contributed by atoms with Crippen molar-refractivity contribution in [2.75, 3.05) is 13.6 Å². The van der Waals surface area contributed by atoms with Crippen molar-refractivity contribution in [3.63, 3.8) is 0 Å². The number of ether oxygens (including phenoxy) is 1. The summed E-state index contributed by atoms with van der Waals surface area (Å²) in [6.07, 6.45) is 3.01. The van der Waals surface area contributed by atoms with Gasteiger partial charge in [0, 0.05) is 17.7 Å². The lowest BCUT2D eigenvalue weighted by atomic mass is 10.1. The number of aliphatic carboxylic acids is 1. The second-order valence-corrected chi connectivity index (χ2v) is 6.03. The molecule has 0 amide bonds. The van der Waals surface area contributed by atoms with Gasteiger partial charge in [0.2, 0.25) is 0 Å². The van der Waals surface area contributed by atoms with Crippen molar-refractivity contribution in [2.45, 2.75) is 37.3 Å². The number of carboxylic acids is 1. The smallest absolute Gasteiger partial charge is 0.331 e. The molecule has 2 N–H and O–H groups in total. The molecule has 1 saturated heterocycles. The Bertz CT molecular complexity index is 633. The Hall–Kier alpha value is -1.96. The fourth-order valence-corrected chi connectivity index (χ4v) is 3.21. The molecule has 0 saturated carbocycles. The zero-order valence-electron chi connectivity index (χ0n) is 12.8. The highest BCUT2D eigenvalue weighted by atomic mass is 16.5. The van der Waals surface area contributed by atoms with E-state index < -0.39 is 30.2 Å². The van der Waals surface area contributed by atoms with E-state index in [1.54, 1.807) is 10.8 Å². The van der Waals surface area contributed by atoms with Crippen LogP contribution in [0.1, 0.15) is 30.7 Å². The van der Waals surface area contributed by atoms with E-state index in [1.807, 2.05) is 18.3 Å². The average Bonchev–Trinajstić information content (AvgIpc) is 2.96. The highest BCUT2D eigenvalue weighted by molar-refractivity contribution is 5.82. The molecule has 7 nitrogen and oxygen atoms in total. The van der Waals surface area contributed by atoms with E-state index >= 15 is 0 Å². The minimum Gasteiger partial charge on any atom is -0.542 e. The first-order valence-electron chi connectivity index (χ1n) is 7.64. The lowest BCUT2D eigenvalue weighted by Gasteiger charge is -2.28.